The van der Waals surface area contributed by atoms with Crippen molar-refractivity contribution in [1.29, 1.82) is 0 Å². The Kier molecular flexibility index (Phi) is 9.72. The quantitative estimate of drug-likeness (QED) is 0.185. The molecule has 9 nitrogen and oxygen atoms in total. The standard InChI is InChI=1S/C35H35Cl2N5O4/c1-45-34-21(10-9-20-15-30(43)39-17-20)11-13-28(41-34)26-7-3-5-24(32(26)36)25-6-4-8-27(33(25)37)29-14-12-22(35(42-29)46-2)18-38-23-16-31(44)40-19-23/h3-8,11-14,20,23,38H,9-10,15-19H2,1-2H3,(H,39,43)(H,40,44)/t20-,23-/m1/s1. The molecular weight excluding hydrogens is 625 g/mol. The van der Waals surface area contributed by atoms with Crippen molar-refractivity contribution in [2.75, 3.05) is 27.3 Å². The minimum absolute atomic E-state index is 0.0513. The summed E-state index contributed by atoms with van der Waals surface area (Å²) in [4.78, 5) is 32.7. The molecular formula is C35H35Cl2N5O4. The summed E-state index contributed by atoms with van der Waals surface area (Å²) in [6.45, 7) is 1.84. The highest BCUT2D eigenvalue weighted by atomic mass is 35.5. The molecule has 2 aromatic carbocycles. The van der Waals surface area contributed by atoms with E-state index in [9.17, 15) is 9.59 Å². The van der Waals surface area contributed by atoms with Gasteiger partial charge in [0.05, 0.1) is 35.7 Å². The second-order valence-electron chi connectivity index (χ2n) is 11.6. The second-order valence-corrected chi connectivity index (χ2v) is 12.3. The summed E-state index contributed by atoms with van der Waals surface area (Å²) in [7, 11) is 3.20. The van der Waals surface area contributed by atoms with Crippen molar-refractivity contribution in [3.8, 4) is 45.4 Å². The van der Waals surface area contributed by atoms with Gasteiger partial charge in [-0.25, -0.2) is 9.97 Å². The highest BCUT2D eigenvalue weighted by Gasteiger charge is 2.23. The molecule has 0 saturated carbocycles. The predicted molar refractivity (Wildman–Crippen MR) is 179 cm³/mol. The maximum Gasteiger partial charge on any atom is 0.221 e. The third-order valence-corrected chi connectivity index (χ3v) is 9.36. The van der Waals surface area contributed by atoms with Gasteiger partial charge in [0.25, 0.3) is 0 Å². The van der Waals surface area contributed by atoms with Crippen molar-refractivity contribution >= 4 is 35.0 Å². The summed E-state index contributed by atoms with van der Waals surface area (Å²) in [6, 6.07) is 19.5. The van der Waals surface area contributed by atoms with Crippen molar-refractivity contribution in [3.05, 3.63) is 81.8 Å². The number of carbonyl (C=O) groups excluding carboxylic acids is 2. The Morgan fingerprint density at radius 2 is 1.28 bits per heavy atom. The number of amides is 2. The van der Waals surface area contributed by atoms with Crippen molar-refractivity contribution in [1.82, 2.24) is 25.9 Å². The van der Waals surface area contributed by atoms with Gasteiger partial charge < -0.3 is 25.4 Å². The van der Waals surface area contributed by atoms with Crippen LogP contribution in [-0.4, -0.2) is 55.1 Å². The molecule has 2 amide bonds. The number of carbonyl (C=O) groups is 2. The minimum Gasteiger partial charge on any atom is -0.481 e. The second kappa shape index (κ2) is 14.1. The average Bonchev–Trinajstić information content (AvgIpc) is 3.70. The molecule has 3 N–H and O–H groups in total. The SMILES string of the molecule is COc1nc(-c2cccc(-c3cccc(-c4ccc(CN[C@H]5CNC(=O)C5)c(OC)n4)c3Cl)c2Cl)ccc1CC[C@H]1CNC(=O)C1. The highest BCUT2D eigenvalue weighted by molar-refractivity contribution is 6.39. The zero-order valence-electron chi connectivity index (χ0n) is 25.7. The lowest BCUT2D eigenvalue weighted by Gasteiger charge is -2.16. The van der Waals surface area contributed by atoms with Crippen LogP contribution >= 0.6 is 23.2 Å². The van der Waals surface area contributed by atoms with Gasteiger partial charge in [-0.1, -0.05) is 71.7 Å². The molecule has 0 aliphatic carbocycles. The number of halogens is 2. The fourth-order valence-electron chi connectivity index (χ4n) is 6.02. The van der Waals surface area contributed by atoms with E-state index in [1.54, 1.807) is 14.2 Å². The first-order chi connectivity index (χ1) is 22.3. The van der Waals surface area contributed by atoms with E-state index in [1.165, 1.54) is 0 Å². The average molecular weight is 661 g/mol. The zero-order valence-corrected chi connectivity index (χ0v) is 27.2. The minimum atomic E-state index is 0.0513. The number of ether oxygens (including phenoxy) is 2. The number of hydrogen-bond donors (Lipinski definition) is 3. The number of pyridine rings is 2. The lowest BCUT2D eigenvalue weighted by Crippen LogP contribution is -2.30. The van der Waals surface area contributed by atoms with Gasteiger partial charge in [-0.15, -0.1) is 0 Å². The van der Waals surface area contributed by atoms with Gasteiger partial charge in [0.2, 0.25) is 23.6 Å². The van der Waals surface area contributed by atoms with Crippen LogP contribution in [0.1, 0.15) is 30.4 Å². The Morgan fingerprint density at radius 3 is 1.83 bits per heavy atom. The fourth-order valence-corrected chi connectivity index (χ4v) is 6.67. The van der Waals surface area contributed by atoms with Crippen LogP contribution in [0.2, 0.25) is 10.0 Å². The summed E-state index contributed by atoms with van der Waals surface area (Å²) < 4.78 is 11.3. The van der Waals surface area contributed by atoms with Gasteiger partial charge in [0, 0.05) is 71.9 Å². The molecule has 46 heavy (non-hydrogen) atoms. The van der Waals surface area contributed by atoms with E-state index < -0.39 is 0 Å². The van der Waals surface area contributed by atoms with Gasteiger partial charge >= 0.3 is 0 Å². The number of nitrogens with zero attached hydrogens (tertiary/aromatic N) is 2. The van der Waals surface area contributed by atoms with Gasteiger partial charge in [-0.05, 0) is 30.9 Å². The van der Waals surface area contributed by atoms with E-state index in [0.29, 0.717) is 71.6 Å². The molecule has 2 fully saturated rings. The normalized spacial score (nSPS) is 17.6. The van der Waals surface area contributed by atoms with Crippen LogP contribution in [0, 0.1) is 5.92 Å². The Labute approximate surface area is 278 Å². The van der Waals surface area contributed by atoms with Crippen molar-refractivity contribution in [2.45, 2.75) is 38.3 Å². The predicted octanol–water partition coefficient (Wildman–Crippen LogP) is 5.85. The maximum absolute atomic E-state index is 11.6. The topological polar surface area (TPSA) is 114 Å². The lowest BCUT2D eigenvalue weighted by atomic mass is 9.97. The van der Waals surface area contributed by atoms with E-state index in [0.717, 1.165) is 46.2 Å². The summed E-state index contributed by atoms with van der Waals surface area (Å²) >= 11 is 14.1. The van der Waals surface area contributed by atoms with Crippen molar-refractivity contribution < 1.29 is 19.1 Å². The molecule has 4 aromatic rings. The Balaban J connectivity index is 1.25. The number of benzene rings is 2. The molecule has 2 aliphatic heterocycles. The number of aryl methyl sites for hydroxylation is 1. The van der Waals surface area contributed by atoms with E-state index in [4.69, 9.17) is 42.6 Å². The molecule has 0 spiro atoms. The molecule has 238 valence electrons. The summed E-state index contributed by atoms with van der Waals surface area (Å²) in [5, 5.41) is 10.2. The van der Waals surface area contributed by atoms with Gasteiger partial charge in [-0.3, -0.25) is 9.59 Å². The molecule has 2 atom stereocenters. The van der Waals surface area contributed by atoms with Crippen molar-refractivity contribution in [2.24, 2.45) is 5.92 Å². The lowest BCUT2D eigenvalue weighted by molar-refractivity contribution is -0.120. The largest absolute Gasteiger partial charge is 0.481 e. The maximum atomic E-state index is 11.6. The number of hydrogen-bond acceptors (Lipinski definition) is 7. The van der Waals surface area contributed by atoms with Crippen LogP contribution in [0.5, 0.6) is 11.8 Å². The Bertz CT molecular complexity index is 1650. The molecule has 0 unspecified atom stereocenters. The first kappa shape index (κ1) is 31.8. The summed E-state index contributed by atoms with van der Waals surface area (Å²) in [6.07, 6.45) is 2.66. The molecule has 0 radical (unpaired) electrons. The Morgan fingerprint density at radius 1 is 0.739 bits per heavy atom. The first-order valence-electron chi connectivity index (χ1n) is 15.3. The van der Waals surface area contributed by atoms with Crippen LogP contribution < -0.4 is 25.4 Å². The third-order valence-electron chi connectivity index (χ3n) is 8.55. The Hall–Kier alpha value is -4.18. The molecule has 0 bridgehead atoms. The summed E-state index contributed by atoms with van der Waals surface area (Å²) in [5.74, 6) is 1.52. The third kappa shape index (κ3) is 6.82. The molecule has 2 aliphatic rings. The van der Waals surface area contributed by atoms with Crippen LogP contribution in [-0.2, 0) is 22.6 Å². The summed E-state index contributed by atoms with van der Waals surface area (Å²) in [5.41, 5.74) is 6.25. The zero-order chi connectivity index (χ0) is 32.2. The smallest absolute Gasteiger partial charge is 0.221 e. The van der Waals surface area contributed by atoms with E-state index >= 15 is 0 Å². The number of methoxy groups -OCH3 is 2. The monoisotopic (exact) mass is 659 g/mol. The molecule has 6 rings (SSSR count). The number of rotatable bonds is 11. The highest BCUT2D eigenvalue weighted by Crippen LogP contribution is 2.42. The molecule has 11 heteroatoms. The van der Waals surface area contributed by atoms with Crippen LogP contribution in [0.4, 0.5) is 0 Å². The van der Waals surface area contributed by atoms with Gasteiger partial charge in [0.1, 0.15) is 0 Å². The number of aromatic nitrogens is 2. The van der Waals surface area contributed by atoms with Gasteiger partial charge in [0.15, 0.2) is 0 Å². The van der Waals surface area contributed by atoms with E-state index in [-0.39, 0.29) is 17.9 Å². The van der Waals surface area contributed by atoms with Crippen molar-refractivity contribution in [3.63, 3.8) is 0 Å². The van der Waals surface area contributed by atoms with Crippen LogP contribution in [0.25, 0.3) is 33.6 Å². The fraction of sp³-hybridized carbons (Fsp3) is 0.314. The van der Waals surface area contributed by atoms with E-state index in [2.05, 4.69) is 16.0 Å². The van der Waals surface area contributed by atoms with Crippen LogP contribution in [0.15, 0.2) is 60.7 Å². The van der Waals surface area contributed by atoms with E-state index in [1.807, 2.05) is 60.7 Å². The van der Waals surface area contributed by atoms with Gasteiger partial charge in [-0.2, -0.15) is 0 Å². The molecule has 4 heterocycles. The molecule has 2 aromatic heterocycles. The number of nitrogens with one attached hydrogen (secondary N) is 3. The molecule has 2 saturated heterocycles. The van der Waals surface area contributed by atoms with Crippen LogP contribution in [0.3, 0.4) is 0 Å². The first-order valence-corrected chi connectivity index (χ1v) is 16.0.